The molecule has 0 amide bonds. The van der Waals surface area contributed by atoms with E-state index in [1.54, 1.807) is 18.5 Å². The van der Waals surface area contributed by atoms with E-state index in [1.165, 1.54) is 7.11 Å². The lowest BCUT2D eigenvalue weighted by molar-refractivity contribution is -0.140. The minimum Gasteiger partial charge on any atom is -0.469 e. The molecule has 0 fully saturated rings. The second-order valence-corrected chi connectivity index (χ2v) is 4.81. The van der Waals surface area contributed by atoms with Gasteiger partial charge in [-0.15, -0.1) is 0 Å². The molecule has 1 aromatic carbocycles. The monoisotopic (exact) mass is 289 g/mol. The van der Waals surface area contributed by atoms with Crippen LogP contribution in [0.15, 0.2) is 24.5 Å². The second-order valence-electron chi connectivity index (χ2n) is 4.81. The Morgan fingerprint density at radius 3 is 2.86 bits per heavy atom. The number of carbonyl (C=O) groups is 2. The van der Waals surface area contributed by atoms with Crippen LogP contribution < -0.4 is 5.32 Å². The van der Waals surface area contributed by atoms with E-state index in [1.807, 2.05) is 24.6 Å². The van der Waals surface area contributed by atoms with Crippen molar-refractivity contribution < 1.29 is 14.3 Å². The fourth-order valence-electron chi connectivity index (χ4n) is 2.24. The van der Waals surface area contributed by atoms with Crippen LogP contribution >= 0.6 is 0 Å². The van der Waals surface area contributed by atoms with Crippen molar-refractivity contribution in [3.8, 4) is 0 Å². The topological polar surface area (TPSA) is 73.2 Å². The van der Waals surface area contributed by atoms with Gasteiger partial charge in [-0.2, -0.15) is 0 Å². The molecule has 1 N–H and O–H groups in total. The smallest absolute Gasteiger partial charge is 0.307 e. The second kappa shape index (κ2) is 6.49. The first-order valence-corrected chi connectivity index (χ1v) is 6.82. The van der Waals surface area contributed by atoms with Crippen molar-refractivity contribution in [3.05, 3.63) is 30.1 Å². The van der Waals surface area contributed by atoms with Crippen LogP contribution in [-0.2, 0) is 16.6 Å². The van der Waals surface area contributed by atoms with Gasteiger partial charge in [-0.25, -0.2) is 4.98 Å². The van der Waals surface area contributed by atoms with Crippen molar-refractivity contribution in [2.45, 2.75) is 19.4 Å². The molecule has 0 saturated carbocycles. The summed E-state index contributed by atoms with van der Waals surface area (Å²) in [5.74, 6) is -0.539. The maximum atomic E-state index is 12.5. The van der Waals surface area contributed by atoms with Crippen molar-refractivity contribution >= 4 is 22.8 Å². The zero-order chi connectivity index (χ0) is 15.4. The number of benzene rings is 1. The Morgan fingerprint density at radius 1 is 1.43 bits per heavy atom. The number of imidazole rings is 1. The maximum Gasteiger partial charge on any atom is 0.307 e. The quantitative estimate of drug-likeness (QED) is 0.641. The molecule has 0 aliphatic rings. The van der Waals surface area contributed by atoms with Gasteiger partial charge in [0, 0.05) is 12.6 Å². The molecule has 1 heterocycles. The van der Waals surface area contributed by atoms with Gasteiger partial charge in [0.1, 0.15) is 0 Å². The number of nitrogens with one attached hydrogen (secondary N) is 1. The SMILES string of the molecule is CCNC(CC(=O)OC)C(=O)c1ccc2c(c1)ncn2C. The minimum atomic E-state index is -0.580. The van der Waals surface area contributed by atoms with E-state index in [0.717, 1.165) is 11.0 Å². The number of likely N-dealkylation sites (N-methyl/N-ethyl adjacent to an activating group) is 1. The van der Waals surface area contributed by atoms with E-state index in [-0.39, 0.29) is 12.2 Å². The van der Waals surface area contributed by atoms with Crippen LogP contribution in [0.2, 0.25) is 0 Å². The highest BCUT2D eigenvalue weighted by molar-refractivity contribution is 6.03. The lowest BCUT2D eigenvalue weighted by atomic mass is 10.0. The predicted molar refractivity (Wildman–Crippen MR) is 79.1 cm³/mol. The van der Waals surface area contributed by atoms with E-state index >= 15 is 0 Å². The average molecular weight is 289 g/mol. The predicted octanol–water partition coefficient (Wildman–Crippen LogP) is 1.30. The molecule has 112 valence electrons. The summed E-state index contributed by atoms with van der Waals surface area (Å²) in [5.41, 5.74) is 2.26. The highest BCUT2D eigenvalue weighted by Gasteiger charge is 2.23. The van der Waals surface area contributed by atoms with Gasteiger partial charge in [-0.1, -0.05) is 6.92 Å². The first-order chi connectivity index (χ1) is 10.1. The number of Topliss-reactive ketones (excluding diaryl/α,β-unsaturated/α-hetero) is 1. The van der Waals surface area contributed by atoms with Gasteiger partial charge in [0.2, 0.25) is 0 Å². The Morgan fingerprint density at radius 2 is 2.19 bits per heavy atom. The van der Waals surface area contributed by atoms with Gasteiger partial charge < -0.3 is 14.6 Å². The van der Waals surface area contributed by atoms with Crippen LogP contribution in [0.25, 0.3) is 11.0 Å². The van der Waals surface area contributed by atoms with Crippen LogP contribution in [0.4, 0.5) is 0 Å². The molecule has 6 nitrogen and oxygen atoms in total. The van der Waals surface area contributed by atoms with Gasteiger partial charge in [0.15, 0.2) is 5.78 Å². The Hall–Kier alpha value is -2.21. The van der Waals surface area contributed by atoms with E-state index in [9.17, 15) is 9.59 Å². The fraction of sp³-hybridized carbons (Fsp3) is 0.400. The standard InChI is InChI=1S/C15H19N3O3/c1-4-16-12(8-14(19)21-3)15(20)10-5-6-13-11(7-10)17-9-18(13)2/h5-7,9,12,16H,4,8H2,1-3H3. The van der Waals surface area contributed by atoms with Gasteiger partial charge in [0.25, 0.3) is 0 Å². The largest absolute Gasteiger partial charge is 0.469 e. The maximum absolute atomic E-state index is 12.5. The number of methoxy groups -OCH3 is 1. The van der Waals surface area contributed by atoms with Gasteiger partial charge in [-0.05, 0) is 24.7 Å². The molecule has 2 aromatic rings. The molecule has 0 radical (unpaired) electrons. The third kappa shape index (κ3) is 3.28. The molecule has 0 saturated heterocycles. The summed E-state index contributed by atoms with van der Waals surface area (Å²) in [4.78, 5) is 28.2. The third-order valence-electron chi connectivity index (χ3n) is 3.38. The molecular weight excluding hydrogens is 270 g/mol. The molecular formula is C15H19N3O3. The van der Waals surface area contributed by atoms with Gasteiger partial charge >= 0.3 is 5.97 Å². The van der Waals surface area contributed by atoms with E-state index < -0.39 is 12.0 Å². The highest BCUT2D eigenvalue weighted by atomic mass is 16.5. The summed E-state index contributed by atoms with van der Waals surface area (Å²) >= 11 is 0. The number of ether oxygens (including phenoxy) is 1. The lowest BCUT2D eigenvalue weighted by Gasteiger charge is -2.15. The number of rotatable bonds is 6. The Bertz CT molecular complexity index is 663. The molecule has 1 unspecified atom stereocenters. The minimum absolute atomic E-state index is 0.0173. The van der Waals surface area contributed by atoms with Gasteiger partial charge in [-0.3, -0.25) is 9.59 Å². The zero-order valence-electron chi connectivity index (χ0n) is 12.4. The summed E-state index contributed by atoms with van der Waals surface area (Å²) in [6.45, 7) is 2.48. The zero-order valence-corrected chi connectivity index (χ0v) is 12.4. The number of aryl methyl sites for hydroxylation is 1. The summed E-state index contributed by atoms with van der Waals surface area (Å²) in [7, 11) is 3.21. The highest BCUT2D eigenvalue weighted by Crippen LogP contribution is 2.16. The van der Waals surface area contributed by atoms with E-state index in [2.05, 4.69) is 15.0 Å². The number of hydrogen-bond donors (Lipinski definition) is 1. The molecule has 6 heteroatoms. The first kappa shape index (κ1) is 15.2. The lowest BCUT2D eigenvalue weighted by Crippen LogP contribution is -2.38. The van der Waals surface area contributed by atoms with Crippen molar-refractivity contribution in [2.24, 2.45) is 7.05 Å². The normalized spacial score (nSPS) is 12.3. The molecule has 0 aliphatic heterocycles. The molecule has 21 heavy (non-hydrogen) atoms. The van der Waals surface area contributed by atoms with Crippen LogP contribution in [0.5, 0.6) is 0 Å². The number of fused-ring (bicyclic) bond motifs is 1. The number of hydrogen-bond acceptors (Lipinski definition) is 5. The Kier molecular flexibility index (Phi) is 4.70. The molecule has 0 bridgehead atoms. The third-order valence-corrected chi connectivity index (χ3v) is 3.38. The summed E-state index contributed by atoms with van der Waals surface area (Å²) < 4.78 is 6.53. The van der Waals surface area contributed by atoms with Crippen LogP contribution in [0.3, 0.4) is 0 Å². The Labute approximate surface area is 123 Å². The Balaban J connectivity index is 2.26. The molecule has 1 aromatic heterocycles. The van der Waals surface area contributed by atoms with Crippen molar-refractivity contribution in [1.82, 2.24) is 14.9 Å². The van der Waals surface area contributed by atoms with E-state index in [4.69, 9.17) is 0 Å². The molecule has 2 rings (SSSR count). The molecule has 0 spiro atoms. The summed E-state index contributed by atoms with van der Waals surface area (Å²) in [6, 6.07) is 4.79. The van der Waals surface area contributed by atoms with E-state index in [0.29, 0.717) is 12.1 Å². The van der Waals surface area contributed by atoms with Crippen molar-refractivity contribution in [1.29, 1.82) is 0 Å². The van der Waals surface area contributed by atoms with Crippen LogP contribution in [0.1, 0.15) is 23.7 Å². The number of nitrogens with zero attached hydrogens (tertiary/aromatic N) is 2. The van der Waals surface area contributed by atoms with Crippen LogP contribution in [0, 0.1) is 0 Å². The summed E-state index contributed by atoms with van der Waals surface area (Å²) in [5, 5.41) is 3.02. The number of carbonyl (C=O) groups excluding carboxylic acids is 2. The molecule has 0 aliphatic carbocycles. The van der Waals surface area contributed by atoms with Crippen molar-refractivity contribution in [3.63, 3.8) is 0 Å². The molecule has 1 atom stereocenters. The van der Waals surface area contributed by atoms with Crippen molar-refractivity contribution in [2.75, 3.05) is 13.7 Å². The fourth-order valence-corrected chi connectivity index (χ4v) is 2.24. The summed E-state index contributed by atoms with van der Waals surface area (Å²) in [6.07, 6.45) is 1.72. The van der Waals surface area contributed by atoms with Crippen LogP contribution in [-0.4, -0.2) is 41.0 Å². The first-order valence-electron chi connectivity index (χ1n) is 6.82. The van der Waals surface area contributed by atoms with Gasteiger partial charge in [0.05, 0.1) is 36.9 Å². The number of aromatic nitrogens is 2. The number of esters is 1. The number of ketones is 1. The average Bonchev–Trinajstić information content (AvgIpc) is 2.86.